The Labute approximate surface area is 107 Å². The molecule has 18 heavy (non-hydrogen) atoms. The van der Waals surface area contributed by atoms with Crippen molar-refractivity contribution in [3.05, 3.63) is 23.5 Å². The molecule has 0 saturated heterocycles. The third kappa shape index (κ3) is 3.00. The number of Topliss-reactive ketones (excluding diaryl/α,β-unsaturated/α-hetero) is 1. The van der Waals surface area contributed by atoms with Crippen LogP contribution < -0.4 is 5.32 Å². The second kappa shape index (κ2) is 5.38. The van der Waals surface area contributed by atoms with Crippen molar-refractivity contribution in [2.75, 3.05) is 0 Å². The Hall–Kier alpha value is -1.58. The smallest absolute Gasteiger partial charge is 0.267 e. The minimum absolute atomic E-state index is 0.0309. The van der Waals surface area contributed by atoms with Crippen molar-refractivity contribution in [1.29, 1.82) is 0 Å². The van der Waals surface area contributed by atoms with E-state index in [9.17, 15) is 9.59 Å². The number of amides is 1. The van der Waals surface area contributed by atoms with Gasteiger partial charge < -0.3 is 10.3 Å². The van der Waals surface area contributed by atoms with E-state index in [1.54, 1.807) is 12.3 Å². The van der Waals surface area contributed by atoms with Gasteiger partial charge in [0.1, 0.15) is 5.69 Å². The number of H-pyrrole nitrogens is 1. The van der Waals surface area contributed by atoms with Crippen molar-refractivity contribution in [2.45, 2.75) is 45.6 Å². The molecule has 0 aliphatic heterocycles. The lowest BCUT2D eigenvalue weighted by Crippen LogP contribution is -2.38. The van der Waals surface area contributed by atoms with Crippen molar-refractivity contribution in [3.8, 4) is 0 Å². The zero-order valence-corrected chi connectivity index (χ0v) is 11.0. The van der Waals surface area contributed by atoms with Gasteiger partial charge in [0.15, 0.2) is 5.78 Å². The van der Waals surface area contributed by atoms with Crippen LogP contribution in [0.2, 0.25) is 0 Å². The third-order valence-electron chi connectivity index (χ3n) is 3.61. The van der Waals surface area contributed by atoms with Gasteiger partial charge in [-0.05, 0) is 31.7 Å². The SMILES string of the molecule is CC(=O)c1c[nH]c(C(=O)NC2CCCC(C)C2)c1. The lowest BCUT2D eigenvalue weighted by Gasteiger charge is -2.27. The third-order valence-corrected chi connectivity index (χ3v) is 3.61. The number of hydrogen-bond acceptors (Lipinski definition) is 2. The molecule has 1 saturated carbocycles. The highest BCUT2D eigenvalue weighted by molar-refractivity contribution is 5.99. The predicted octanol–water partition coefficient (Wildman–Crippen LogP) is 2.53. The highest BCUT2D eigenvalue weighted by atomic mass is 16.2. The summed E-state index contributed by atoms with van der Waals surface area (Å²) >= 11 is 0. The van der Waals surface area contributed by atoms with Crippen LogP contribution in [-0.4, -0.2) is 22.7 Å². The molecule has 1 aliphatic rings. The molecule has 2 rings (SSSR count). The second-order valence-corrected chi connectivity index (χ2v) is 5.30. The first-order chi connectivity index (χ1) is 8.56. The summed E-state index contributed by atoms with van der Waals surface area (Å²) in [5, 5.41) is 3.04. The van der Waals surface area contributed by atoms with Gasteiger partial charge in [-0.25, -0.2) is 0 Å². The van der Waals surface area contributed by atoms with Gasteiger partial charge >= 0.3 is 0 Å². The molecular weight excluding hydrogens is 228 g/mol. The Bertz CT molecular complexity index is 450. The van der Waals surface area contributed by atoms with Crippen LogP contribution in [0.5, 0.6) is 0 Å². The van der Waals surface area contributed by atoms with E-state index in [4.69, 9.17) is 0 Å². The molecule has 2 N–H and O–H groups in total. The van der Waals surface area contributed by atoms with Crippen molar-refractivity contribution >= 4 is 11.7 Å². The van der Waals surface area contributed by atoms with Gasteiger partial charge in [0.05, 0.1) is 0 Å². The molecule has 98 valence electrons. The fraction of sp³-hybridized carbons (Fsp3) is 0.571. The number of rotatable bonds is 3. The summed E-state index contributed by atoms with van der Waals surface area (Å²) in [6.45, 7) is 3.72. The Morgan fingerprint density at radius 1 is 1.39 bits per heavy atom. The van der Waals surface area contributed by atoms with Crippen molar-refractivity contribution in [2.24, 2.45) is 5.92 Å². The van der Waals surface area contributed by atoms with E-state index in [1.165, 1.54) is 19.8 Å². The molecule has 2 atom stereocenters. The van der Waals surface area contributed by atoms with Crippen LogP contribution >= 0.6 is 0 Å². The number of hydrogen-bond donors (Lipinski definition) is 2. The quantitative estimate of drug-likeness (QED) is 0.807. The maximum atomic E-state index is 12.0. The van der Waals surface area contributed by atoms with Crippen LogP contribution in [0, 0.1) is 5.92 Å². The van der Waals surface area contributed by atoms with E-state index in [0.29, 0.717) is 17.2 Å². The van der Waals surface area contributed by atoms with Crippen LogP contribution in [0.4, 0.5) is 0 Å². The first-order valence-corrected chi connectivity index (χ1v) is 6.56. The van der Waals surface area contributed by atoms with E-state index in [0.717, 1.165) is 12.8 Å². The largest absolute Gasteiger partial charge is 0.356 e. The molecule has 1 aromatic heterocycles. The zero-order chi connectivity index (χ0) is 13.1. The van der Waals surface area contributed by atoms with Crippen LogP contribution in [0.25, 0.3) is 0 Å². The summed E-state index contributed by atoms with van der Waals surface area (Å²) in [6, 6.07) is 1.88. The zero-order valence-electron chi connectivity index (χ0n) is 11.0. The first kappa shape index (κ1) is 12.9. The fourth-order valence-corrected chi connectivity index (χ4v) is 2.56. The van der Waals surface area contributed by atoms with E-state index >= 15 is 0 Å². The molecule has 4 nitrogen and oxygen atoms in total. The van der Waals surface area contributed by atoms with Gasteiger partial charge in [0.2, 0.25) is 0 Å². The lowest BCUT2D eigenvalue weighted by molar-refractivity contribution is 0.0916. The van der Waals surface area contributed by atoms with Crippen LogP contribution in [0.15, 0.2) is 12.3 Å². The molecule has 1 amide bonds. The number of aromatic nitrogens is 1. The Morgan fingerprint density at radius 2 is 2.17 bits per heavy atom. The molecule has 1 aliphatic carbocycles. The van der Waals surface area contributed by atoms with E-state index in [1.807, 2.05) is 0 Å². The standard InChI is InChI=1S/C14H20N2O2/c1-9-4-3-5-12(6-9)16-14(18)13-7-11(8-15-13)10(2)17/h7-9,12,15H,3-6H2,1-2H3,(H,16,18). The highest BCUT2D eigenvalue weighted by Crippen LogP contribution is 2.23. The van der Waals surface area contributed by atoms with Gasteiger partial charge in [-0.2, -0.15) is 0 Å². The van der Waals surface area contributed by atoms with E-state index in [2.05, 4.69) is 17.2 Å². The number of nitrogens with one attached hydrogen (secondary N) is 2. The molecule has 0 aromatic carbocycles. The van der Waals surface area contributed by atoms with Gasteiger partial charge in [-0.15, -0.1) is 0 Å². The van der Waals surface area contributed by atoms with Crippen LogP contribution in [-0.2, 0) is 0 Å². The summed E-state index contributed by atoms with van der Waals surface area (Å²) in [5.41, 5.74) is 1.02. The fourth-order valence-electron chi connectivity index (χ4n) is 2.56. The minimum Gasteiger partial charge on any atom is -0.356 e. The van der Waals surface area contributed by atoms with Crippen LogP contribution in [0.3, 0.4) is 0 Å². The maximum absolute atomic E-state index is 12.0. The summed E-state index contributed by atoms with van der Waals surface area (Å²) in [7, 11) is 0. The molecular formula is C14H20N2O2. The summed E-state index contributed by atoms with van der Waals surface area (Å²) in [5.74, 6) is 0.540. The Balaban J connectivity index is 1.96. The second-order valence-electron chi connectivity index (χ2n) is 5.30. The molecule has 2 unspecified atom stereocenters. The average Bonchev–Trinajstić information content (AvgIpc) is 2.78. The van der Waals surface area contributed by atoms with Gasteiger partial charge in [-0.1, -0.05) is 19.8 Å². The molecule has 1 fully saturated rings. The highest BCUT2D eigenvalue weighted by Gasteiger charge is 2.21. The van der Waals surface area contributed by atoms with Gasteiger partial charge in [-0.3, -0.25) is 9.59 Å². The molecule has 1 heterocycles. The van der Waals surface area contributed by atoms with Gasteiger partial charge in [0, 0.05) is 17.8 Å². The number of carbonyl (C=O) groups is 2. The Morgan fingerprint density at radius 3 is 2.78 bits per heavy atom. The van der Waals surface area contributed by atoms with Crippen molar-refractivity contribution in [1.82, 2.24) is 10.3 Å². The number of carbonyl (C=O) groups excluding carboxylic acids is 2. The molecule has 1 aromatic rings. The molecule has 0 bridgehead atoms. The Kier molecular flexibility index (Phi) is 3.84. The first-order valence-electron chi connectivity index (χ1n) is 6.56. The summed E-state index contributed by atoms with van der Waals surface area (Å²) < 4.78 is 0. The topological polar surface area (TPSA) is 62.0 Å². The number of aromatic amines is 1. The van der Waals surface area contributed by atoms with E-state index < -0.39 is 0 Å². The monoisotopic (exact) mass is 248 g/mol. The normalized spacial score (nSPS) is 23.7. The predicted molar refractivity (Wildman–Crippen MR) is 69.7 cm³/mol. The van der Waals surface area contributed by atoms with Crippen molar-refractivity contribution in [3.63, 3.8) is 0 Å². The summed E-state index contributed by atoms with van der Waals surface area (Å²) in [6.07, 6.45) is 6.11. The number of ketones is 1. The molecule has 4 heteroatoms. The average molecular weight is 248 g/mol. The lowest BCUT2D eigenvalue weighted by atomic mass is 9.87. The van der Waals surface area contributed by atoms with E-state index in [-0.39, 0.29) is 17.7 Å². The van der Waals surface area contributed by atoms with Gasteiger partial charge in [0.25, 0.3) is 5.91 Å². The van der Waals surface area contributed by atoms with Crippen LogP contribution in [0.1, 0.15) is 60.4 Å². The molecule has 0 radical (unpaired) electrons. The maximum Gasteiger partial charge on any atom is 0.267 e. The molecule has 0 spiro atoms. The van der Waals surface area contributed by atoms with Crippen molar-refractivity contribution < 1.29 is 9.59 Å². The summed E-state index contributed by atoms with van der Waals surface area (Å²) in [4.78, 5) is 26.0. The minimum atomic E-state index is -0.110.